The van der Waals surface area contributed by atoms with Crippen LogP contribution >= 0.6 is 22.7 Å². The van der Waals surface area contributed by atoms with Gasteiger partial charge in [-0.1, -0.05) is 97.1 Å². The maximum absolute atomic E-state index is 5.38. The van der Waals surface area contributed by atoms with Crippen LogP contribution in [0.3, 0.4) is 0 Å². The second-order valence-corrected chi connectivity index (χ2v) is 13.2. The summed E-state index contributed by atoms with van der Waals surface area (Å²) >= 11 is 3.48. The molecule has 0 unspecified atom stereocenters. The largest absolute Gasteiger partial charge is 2.00 e. The topological polar surface area (TPSA) is 25.8 Å². The van der Waals surface area contributed by atoms with Gasteiger partial charge in [0.15, 0.2) is 0 Å². The van der Waals surface area contributed by atoms with E-state index in [0.29, 0.717) is 0 Å². The van der Waals surface area contributed by atoms with E-state index in [1.165, 1.54) is 31.7 Å². The number of pyridine rings is 2. The number of rotatable bonds is 5. The third-order valence-corrected chi connectivity index (χ3v) is 10.7. The Bertz CT molecular complexity index is 2110. The number of hydrogen-bond donors (Lipinski definition) is 0. The van der Waals surface area contributed by atoms with Crippen LogP contribution in [0.4, 0.5) is 0 Å². The maximum atomic E-state index is 5.38. The van der Waals surface area contributed by atoms with E-state index in [1.807, 2.05) is 0 Å². The molecule has 1 aliphatic carbocycles. The van der Waals surface area contributed by atoms with Crippen molar-refractivity contribution in [3.8, 4) is 32.3 Å². The fraction of sp³-hybridized carbons (Fsp3) is 0.0500. The van der Waals surface area contributed by atoms with Crippen LogP contribution in [-0.4, -0.2) is 9.97 Å². The zero-order valence-electron chi connectivity index (χ0n) is 23.9. The Morgan fingerprint density at radius 2 is 0.933 bits per heavy atom. The molecule has 0 fully saturated rings. The summed E-state index contributed by atoms with van der Waals surface area (Å²) in [5.41, 5.74) is 9.14. The average molecular weight is 792 g/mol. The molecule has 45 heavy (non-hydrogen) atoms. The molecule has 5 heteroatoms. The molecule has 1 aliphatic rings. The van der Waals surface area contributed by atoms with Crippen molar-refractivity contribution in [1.82, 2.24) is 9.97 Å². The second-order valence-electron chi connectivity index (χ2n) is 11.1. The fourth-order valence-electron chi connectivity index (χ4n) is 6.61. The standard InChI is InChI=1S/C40H24N2S2.Pt/c1-7-21-35-25(11-1)23-37(43-35)31-17-9-19-33(41-31)40(39-29-15-5-3-13-27(29)28-14-4-6-16-30(28)39)34-20-10-18-32(42-34)38-24-26-12-2-8-22-36(26)44-38;/h1-22,39-40H;/q-2;+2. The van der Waals surface area contributed by atoms with Gasteiger partial charge in [0.25, 0.3) is 0 Å². The quantitative estimate of drug-likeness (QED) is 0.162. The Kier molecular flexibility index (Phi) is 7.30. The Morgan fingerprint density at radius 1 is 0.489 bits per heavy atom. The number of benzene rings is 4. The van der Waals surface area contributed by atoms with Gasteiger partial charge in [0, 0.05) is 28.7 Å². The molecule has 0 saturated carbocycles. The van der Waals surface area contributed by atoms with E-state index < -0.39 is 0 Å². The van der Waals surface area contributed by atoms with Crippen molar-refractivity contribution < 1.29 is 21.1 Å². The van der Waals surface area contributed by atoms with Crippen LogP contribution in [0.2, 0.25) is 0 Å². The van der Waals surface area contributed by atoms with E-state index in [9.17, 15) is 0 Å². The summed E-state index contributed by atoms with van der Waals surface area (Å²) in [4.78, 5) is 12.9. The van der Waals surface area contributed by atoms with Crippen molar-refractivity contribution in [2.24, 2.45) is 0 Å². The van der Waals surface area contributed by atoms with Crippen molar-refractivity contribution in [3.63, 3.8) is 0 Å². The Balaban J connectivity index is 0.00000300. The first kappa shape index (κ1) is 28.3. The maximum Gasteiger partial charge on any atom is 2.00 e. The monoisotopic (exact) mass is 791 g/mol. The van der Waals surface area contributed by atoms with Crippen molar-refractivity contribution in [2.45, 2.75) is 11.8 Å². The number of fused-ring (bicyclic) bond motifs is 5. The van der Waals surface area contributed by atoms with E-state index in [-0.39, 0.29) is 32.9 Å². The molecule has 4 heterocycles. The van der Waals surface area contributed by atoms with Gasteiger partial charge >= 0.3 is 21.1 Å². The molecule has 0 N–H and O–H groups in total. The van der Waals surface area contributed by atoms with E-state index >= 15 is 0 Å². The molecule has 4 aromatic carbocycles. The van der Waals surface area contributed by atoms with Gasteiger partial charge in [-0.3, -0.25) is 9.97 Å². The number of thiophene rings is 2. The van der Waals surface area contributed by atoms with E-state index in [4.69, 9.17) is 9.97 Å². The van der Waals surface area contributed by atoms with Gasteiger partial charge in [-0.15, -0.1) is 47.2 Å². The molecule has 216 valence electrons. The molecule has 0 bridgehead atoms. The molecule has 0 spiro atoms. The SMILES string of the molecule is [Pt+2].[c-]1c(-c2cccc(C(c3cccc(-c4[c-]c5ccccc5s4)n3)C3c4ccccc4-c4ccccc43)n2)sc2ccccc12. The predicted molar refractivity (Wildman–Crippen MR) is 183 cm³/mol. The molecule has 0 atom stereocenters. The second kappa shape index (κ2) is 11.6. The summed E-state index contributed by atoms with van der Waals surface area (Å²) in [5.74, 6) is -0.0193. The summed E-state index contributed by atoms with van der Waals surface area (Å²) < 4.78 is 2.44. The molecule has 0 radical (unpaired) electrons. The summed E-state index contributed by atoms with van der Waals surface area (Å²) in [5, 5.41) is 2.26. The van der Waals surface area contributed by atoms with Crippen molar-refractivity contribution in [1.29, 1.82) is 0 Å². The molecule has 8 aromatic rings. The van der Waals surface area contributed by atoms with Crippen molar-refractivity contribution >= 4 is 42.8 Å². The minimum Gasteiger partial charge on any atom is -0.299 e. The zero-order valence-corrected chi connectivity index (χ0v) is 27.8. The molecule has 2 nitrogen and oxygen atoms in total. The first-order chi connectivity index (χ1) is 21.8. The van der Waals surface area contributed by atoms with Gasteiger partial charge in [-0.2, -0.15) is 0 Å². The van der Waals surface area contributed by atoms with Crippen molar-refractivity contribution in [3.05, 3.63) is 168 Å². The normalized spacial score (nSPS) is 12.4. The Morgan fingerprint density at radius 3 is 1.42 bits per heavy atom. The van der Waals surface area contributed by atoms with Gasteiger partial charge < -0.3 is 0 Å². The number of aromatic nitrogens is 2. The van der Waals surface area contributed by atoms with E-state index in [2.05, 4.69) is 146 Å². The third kappa shape index (κ3) is 4.89. The van der Waals surface area contributed by atoms with Crippen LogP contribution in [0.1, 0.15) is 34.4 Å². The number of nitrogens with zero attached hydrogens (tertiary/aromatic N) is 2. The van der Waals surface area contributed by atoms with E-state index in [0.717, 1.165) is 43.3 Å². The minimum atomic E-state index is -0.0940. The van der Waals surface area contributed by atoms with Gasteiger partial charge in [-0.25, -0.2) is 22.7 Å². The molecule has 0 amide bonds. The van der Waals surface area contributed by atoms with Crippen LogP contribution in [0, 0.1) is 12.1 Å². The molecule has 9 rings (SSSR count). The Hall–Kier alpha value is -4.21. The van der Waals surface area contributed by atoms with Crippen LogP contribution in [0.15, 0.2) is 133 Å². The van der Waals surface area contributed by atoms with Crippen LogP contribution in [0.25, 0.3) is 52.4 Å². The summed E-state index contributed by atoms with van der Waals surface area (Å²) in [7, 11) is 0. The van der Waals surface area contributed by atoms with Crippen LogP contribution < -0.4 is 0 Å². The molecule has 4 aromatic heterocycles. The minimum absolute atomic E-state index is 0. The van der Waals surface area contributed by atoms with Gasteiger partial charge in [0.1, 0.15) is 0 Å². The summed E-state index contributed by atoms with van der Waals surface area (Å²) in [6.45, 7) is 0. The molecule has 0 saturated heterocycles. The smallest absolute Gasteiger partial charge is 0.299 e. The third-order valence-electron chi connectivity index (χ3n) is 8.55. The Labute approximate surface area is 284 Å². The zero-order chi connectivity index (χ0) is 29.0. The first-order valence-electron chi connectivity index (χ1n) is 14.7. The first-order valence-corrected chi connectivity index (χ1v) is 16.4. The number of hydrogen-bond acceptors (Lipinski definition) is 4. The molecule has 0 aliphatic heterocycles. The van der Waals surface area contributed by atoms with Gasteiger partial charge in [-0.05, 0) is 53.5 Å². The summed E-state index contributed by atoms with van der Waals surface area (Å²) in [6.07, 6.45) is 0. The van der Waals surface area contributed by atoms with Gasteiger partial charge in [0.2, 0.25) is 0 Å². The van der Waals surface area contributed by atoms with Crippen LogP contribution in [0.5, 0.6) is 0 Å². The fourth-order valence-corrected chi connectivity index (χ4v) is 8.56. The van der Waals surface area contributed by atoms with E-state index in [1.54, 1.807) is 22.7 Å². The van der Waals surface area contributed by atoms with Crippen LogP contribution in [-0.2, 0) is 21.1 Å². The molecular weight excluding hydrogens is 768 g/mol. The summed E-state index contributed by atoms with van der Waals surface area (Å²) in [6, 6.07) is 54.5. The average Bonchev–Trinajstić information content (AvgIpc) is 3.80. The van der Waals surface area contributed by atoms with Crippen molar-refractivity contribution in [2.75, 3.05) is 0 Å². The molecular formula is C40H24N2PtS2. The predicted octanol–water partition coefficient (Wildman–Crippen LogP) is 10.8. The van der Waals surface area contributed by atoms with Gasteiger partial charge in [0.05, 0.1) is 5.92 Å².